The van der Waals surface area contributed by atoms with Gasteiger partial charge in [-0.3, -0.25) is 9.59 Å². The normalized spacial score (nSPS) is 13.6. The standard InChI is InChI=1S/C24H18F3NO2/c25-24(26,27)19-11-10-16-12-13-28(15-18(16)14-19)23(30)21-9-5-4-8-20(21)22(29)17-6-2-1-3-7-17/h1-11,14H,12-13,15H2. The summed E-state index contributed by atoms with van der Waals surface area (Å²) in [6, 6.07) is 18.9. The molecule has 0 atom stereocenters. The molecule has 4 rings (SSSR count). The fourth-order valence-corrected chi connectivity index (χ4v) is 3.69. The van der Waals surface area contributed by atoms with Crippen molar-refractivity contribution in [1.29, 1.82) is 0 Å². The number of carbonyl (C=O) groups is 2. The number of hydrogen-bond donors (Lipinski definition) is 0. The highest BCUT2D eigenvalue weighted by Gasteiger charge is 2.32. The summed E-state index contributed by atoms with van der Waals surface area (Å²) < 4.78 is 39.2. The van der Waals surface area contributed by atoms with Gasteiger partial charge < -0.3 is 4.90 Å². The molecule has 3 aromatic carbocycles. The number of nitrogens with zero attached hydrogens (tertiary/aromatic N) is 1. The molecule has 152 valence electrons. The van der Waals surface area contributed by atoms with E-state index in [1.165, 1.54) is 11.0 Å². The Morgan fingerprint density at radius 2 is 1.47 bits per heavy atom. The first-order chi connectivity index (χ1) is 14.3. The second-order valence-corrected chi connectivity index (χ2v) is 7.20. The number of benzene rings is 3. The predicted molar refractivity (Wildman–Crippen MR) is 106 cm³/mol. The van der Waals surface area contributed by atoms with E-state index in [9.17, 15) is 22.8 Å². The van der Waals surface area contributed by atoms with Crippen LogP contribution in [-0.4, -0.2) is 23.1 Å². The van der Waals surface area contributed by atoms with Crippen molar-refractivity contribution >= 4 is 11.7 Å². The first kappa shape index (κ1) is 19.9. The number of halogens is 3. The summed E-state index contributed by atoms with van der Waals surface area (Å²) in [4.78, 5) is 27.6. The summed E-state index contributed by atoms with van der Waals surface area (Å²) >= 11 is 0. The smallest absolute Gasteiger partial charge is 0.334 e. The second-order valence-electron chi connectivity index (χ2n) is 7.20. The lowest BCUT2D eigenvalue weighted by Gasteiger charge is -2.30. The zero-order chi connectivity index (χ0) is 21.3. The maximum absolute atomic E-state index is 13.2. The van der Waals surface area contributed by atoms with Crippen molar-refractivity contribution in [3.63, 3.8) is 0 Å². The Bertz CT molecular complexity index is 1110. The monoisotopic (exact) mass is 409 g/mol. The minimum atomic E-state index is -4.43. The average Bonchev–Trinajstić information content (AvgIpc) is 2.77. The first-order valence-corrected chi connectivity index (χ1v) is 9.51. The van der Waals surface area contributed by atoms with E-state index in [0.29, 0.717) is 24.1 Å². The summed E-state index contributed by atoms with van der Waals surface area (Å²) in [5, 5.41) is 0. The van der Waals surface area contributed by atoms with Gasteiger partial charge in [-0.25, -0.2) is 0 Å². The maximum atomic E-state index is 13.2. The minimum absolute atomic E-state index is 0.0753. The van der Waals surface area contributed by atoms with Gasteiger partial charge in [0.15, 0.2) is 5.78 Å². The number of alkyl halides is 3. The van der Waals surface area contributed by atoms with Crippen LogP contribution in [0.1, 0.15) is 43.0 Å². The van der Waals surface area contributed by atoms with Gasteiger partial charge in [0.25, 0.3) is 5.91 Å². The fourth-order valence-electron chi connectivity index (χ4n) is 3.69. The molecular formula is C24H18F3NO2. The lowest BCUT2D eigenvalue weighted by Crippen LogP contribution is -2.36. The van der Waals surface area contributed by atoms with Crippen LogP contribution < -0.4 is 0 Å². The van der Waals surface area contributed by atoms with Crippen LogP contribution in [0.5, 0.6) is 0 Å². The Labute approximate surface area is 171 Å². The first-order valence-electron chi connectivity index (χ1n) is 9.51. The Morgan fingerprint density at radius 1 is 0.800 bits per heavy atom. The van der Waals surface area contributed by atoms with Gasteiger partial charge in [0.05, 0.1) is 11.1 Å². The maximum Gasteiger partial charge on any atom is 0.416 e. The Balaban J connectivity index is 1.63. The highest BCUT2D eigenvalue weighted by atomic mass is 19.4. The summed E-state index contributed by atoms with van der Waals surface area (Å²) in [5.41, 5.74) is 1.56. The molecule has 0 saturated heterocycles. The van der Waals surface area contributed by atoms with Crippen LogP contribution in [0.15, 0.2) is 72.8 Å². The third kappa shape index (κ3) is 3.85. The number of fused-ring (bicyclic) bond motifs is 1. The van der Waals surface area contributed by atoms with Gasteiger partial charge in [0.2, 0.25) is 0 Å². The summed E-state index contributed by atoms with van der Waals surface area (Å²) in [7, 11) is 0. The van der Waals surface area contributed by atoms with Crippen molar-refractivity contribution in [2.45, 2.75) is 19.1 Å². The molecule has 0 bridgehead atoms. The lowest BCUT2D eigenvalue weighted by atomic mass is 9.94. The molecule has 30 heavy (non-hydrogen) atoms. The van der Waals surface area contributed by atoms with Crippen LogP contribution in [0, 0.1) is 0 Å². The van der Waals surface area contributed by atoms with Crippen LogP contribution in [0.4, 0.5) is 13.2 Å². The molecule has 1 heterocycles. The topological polar surface area (TPSA) is 37.4 Å². The molecule has 0 radical (unpaired) electrons. The molecule has 0 aliphatic carbocycles. The molecule has 0 saturated carbocycles. The van der Waals surface area contributed by atoms with E-state index in [2.05, 4.69) is 0 Å². The fraction of sp³-hybridized carbons (Fsp3) is 0.167. The van der Waals surface area contributed by atoms with Gasteiger partial charge >= 0.3 is 6.18 Å². The van der Waals surface area contributed by atoms with Crippen molar-refractivity contribution in [3.8, 4) is 0 Å². The van der Waals surface area contributed by atoms with Crippen molar-refractivity contribution in [1.82, 2.24) is 4.90 Å². The molecule has 3 nitrogen and oxygen atoms in total. The van der Waals surface area contributed by atoms with Crippen molar-refractivity contribution < 1.29 is 22.8 Å². The third-order valence-electron chi connectivity index (χ3n) is 5.27. The average molecular weight is 409 g/mol. The lowest BCUT2D eigenvalue weighted by molar-refractivity contribution is -0.137. The van der Waals surface area contributed by atoms with Crippen LogP contribution >= 0.6 is 0 Å². The molecule has 0 fully saturated rings. The van der Waals surface area contributed by atoms with Gasteiger partial charge in [-0.2, -0.15) is 13.2 Å². The zero-order valence-corrected chi connectivity index (χ0v) is 15.9. The SMILES string of the molecule is O=C(c1ccccc1)c1ccccc1C(=O)N1CCc2ccc(C(F)(F)F)cc2C1. The molecule has 1 amide bonds. The molecule has 0 N–H and O–H groups in total. The molecule has 3 aromatic rings. The van der Waals surface area contributed by atoms with E-state index in [1.807, 2.05) is 0 Å². The van der Waals surface area contributed by atoms with Gasteiger partial charge in [0, 0.05) is 24.2 Å². The van der Waals surface area contributed by atoms with Crippen LogP contribution in [0.25, 0.3) is 0 Å². The molecule has 0 spiro atoms. The second kappa shape index (κ2) is 7.78. The van der Waals surface area contributed by atoms with Gasteiger partial charge in [0.1, 0.15) is 0 Å². The Kier molecular flexibility index (Phi) is 5.16. The third-order valence-corrected chi connectivity index (χ3v) is 5.27. The number of carbonyl (C=O) groups excluding carboxylic acids is 2. The summed E-state index contributed by atoms with van der Waals surface area (Å²) in [6.45, 7) is 0.455. The highest BCUT2D eigenvalue weighted by molar-refractivity contribution is 6.15. The Hall–Kier alpha value is -3.41. The van der Waals surface area contributed by atoms with E-state index in [-0.39, 0.29) is 29.4 Å². The van der Waals surface area contributed by atoms with E-state index < -0.39 is 11.7 Å². The van der Waals surface area contributed by atoms with Crippen molar-refractivity contribution in [2.75, 3.05) is 6.54 Å². The van der Waals surface area contributed by atoms with Crippen LogP contribution in [-0.2, 0) is 19.1 Å². The van der Waals surface area contributed by atoms with E-state index >= 15 is 0 Å². The van der Waals surface area contributed by atoms with Gasteiger partial charge in [-0.05, 0) is 35.7 Å². The molecule has 1 aliphatic heterocycles. The molecular weight excluding hydrogens is 391 g/mol. The number of hydrogen-bond acceptors (Lipinski definition) is 2. The zero-order valence-electron chi connectivity index (χ0n) is 15.9. The largest absolute Gasteiger partial charge is 0.416 e. The quantitative estimate of drug-likeness (QED) is 0.562. The molecule has 0 unspecified atom stereocenters. The van der Waals surface area contributed by atoms with Gasteiger partial charge in [-0.15, -0.1) is 0 Å². The van der Waals surface area contributed by atoms with E-state index in [1.54, 1.807) is 54.6 Å². The molecule has 1 aliphatic rings. The van der Waals surface area contributed by atoms with Crippen LogP contribution in [0.3, 0.4) is 0 Å². The van der Waals surface area contributed by atoms with Gasteiger partial charge in [-0.1, -0.05) is 54.6 Å². The van der Waals surface area contributed by atoms with Crippen molar-refractivity contribution in [3.05, 3.63) is 106 Å². The summed E-state index contributed by atoms with van der Waals surface area (Å²) in [5.74, 6) is -0.630. The summed E-state index contributed by atoms with van der Waals surface area (Å²) in [6.07, 6.45) is -3.97. The van der Waals surface area contributed by atoms with Crippen molar-refractivity contribution in [2.24, 2.45) is 0 Å². The molecule has 6 heteroatoms. The molecule has 0 aromatic heterocycles. The predicted octanol–water partition coefficient (Wildman–Crippen LogP) is 5.13. The highest BCUT2D eigenvalue weighted by Crippen LogP contribution is 2.32. The number of rotatable bonds is 3. The minimum Gasteiger partial charge on any atom is -0.334 e. The number of ketones is 1. The van der Waals surface area contributed by atoms with E-state index in [0.717, 1.165) is 17.7 Å². The van der Waals surface area contributed by atoms with E-state index in [4.69, 9.17) is 0 Å². The number of amides is 1. The Morgan fingerprint density at radius 3 is 2.17 bits per heavy atom. The van der Waals surface area contributed by atoms with Crippen LogP contribution in [0.2, 0.25) is 0 Å².